The molecule has 2 unspecified atom stereocenters. The molecule has 0 aliphatic carbocycles. The third-order valence-electron chi connectivity index (χ3n) is 1.22. The molecule has 0 heterocycles. The number of ether oxygens (including phenoxy) is 1. The van der Waals surface area contributed by atoms with E-state index in [-0.39, 0.29) is 0 Å². The van der Waals surface area contributed by atoms with Gasteiger partial charge in [0.25, 0.3) is 0 Å². The Morgan fingerprint density at radius 1 is 1.82 bits per heavy atom. The summed E-state index contributed by atoms with van der Waals surface area (Å²) >= 11 is 0. The molecule has 0 saturated heterocycles. The van der Waals surface area contributed by atoms with Crippen molar-refractivity contribution in [1.29, 1.82) is 5.26 Å². The lowest BCUT2D eigenvalue weighted by molar-refractivity contribution is -0.151. The maximum atomic E-state index is 10.8. The largest absolute Gasteiger partial charge is 0.446 e. The van der Waals surface area contributed by atoms with Gasteiger partial charge in [0, 0.05) is 0 Å². The summed E-state index contributed by atoms with van der Waals surface area (Å²) in [5.74, 6) is -1.28. The minimum Gasteiger partial charge on any atom is -0.446 e. The van der Waals surface area contributed by atoms with Crippen LogP contribution >= 0.6 is 0 Å². The van der Waals surface area contributed by atoms with Gasteiger partial charge >= 0.3 is 5.97 Å². The second-order valence-electron chi connectivity index (χ2n) is 2.23. The van der Waals surface area contributed by atoms with Crippen LogP contribution in [0.4, 0.5) is 0 Å². The van der Waals surface area contributed by atoms with Gasteiger partial charge in [-0.25, -0.2) is 0 Å². The quantitative estimate of drug-likeness (QED) is 0.473. The van der Waals surface area contributed by atoms with Crippen molar-refractivity contribution in [3.63, 3.8) is 0 Å². The van der Waals surface area contributed by atoms with Crippen LogP contribution in [0.5, 0.6) is 0 Å². The molecular weight excluding hydrogens is 144 g/mol. The summed E-state index contributed by atoms with van der Waals surface area (Å²) in [6, 6.07) is 1.76. The van der Waals surface area contributed by atoms with Crippen molar-refractivity contribution in [2.24, 2.45) is 11.7 Å². The van der Waals surface area contributed by atoms with Crippen molar-refractivity contribution in [2.45, 2.75) is 26.5 Å². The van der Waals surface area contributed by atoms with Crippen LogP contribution in [0, 0.1) is 17.2 Å². The third kappa shape index (κ3) is 3.58. The van der Waals surface area contributed by atoms with Crippen LogP contribution in [0.25, 0.3) is 0 Å². The second-order valence-corrected chi connectivity index (χ2v) is 2.23. The minimum atomic E-state index is -0.729. The molecule has 2 atom stereocenters. The van der Waals surface area contributed by atoms with Gasteiger partial charge in [-0.05, 0) is 13.3 Å². The molecule has 0 spiro atoms. The lowest BCUT2D eigenvalue weighted by Gasteiger charge is -2.10. The summed E-state index contributed by atoms with van der Waals surface area (Å²) < 4.78 is 4.67. The molecule has 11 heavy (non-hydrogen) atoms. The molecule has 0 amide bonds. The van der Waals surface area contributed by atoms with E-state index in [0.717, 1.165) is 0 Å². The van der Waals surface area contributed by atoms with Gasteiger partial charge in [0.2, 0.25) is 0 Å². The van der Waals surface area contributed by atoms with Crippen molar-refractivity contribution >= 4 is 5.97 Å². The average molecular weight is 156 g/mol. The highest BCUT2D eigenvalue weighted by Gasteiger charge is 2.15. The van der Waals surface area contributed by atoms with Crippen LogP contribution < -0.4 is 5.73 Å². The fraction of sp³-hybridized carbons (Fsp3) is 0.714. The molecule has 2 N–H and O–H groups in total. The van der Waals surface area contributed by atoms with Gasteiger partial charge in [-0.3, -0.25) is 10.5 Å². The van der Waals surface area contributed by atoms with E-state index in [1.54, 1.807) is 13.0 Å². The zero-order valence-electron chi connectivity index (χ0n) is 6.70. The number of nitrogens with zero attached hydrogens (tertiary/aromatic N) is 1. The van der Waals surface area contributed by atoms with Crippen LogP contribution in [0.3, 0.4) is 0 Å². The van der Waals surface area contributed by atoms with Crippen LogP contribution in [0.1, 0.15) is 20.3 Å². The van der Waals surface area contributed by atoms with Gasteiger partial charge in [0.15, 0.2) is 6.23 Å². The number of hydrogen-bond donors (Lipinski definition) is 1. The summed E-state index contributed by atoms with van der Waals surface area (Å²) in [5.41, 5.74) is 5.31. The average Bonchev–Trinajstić information content (AvgIpc) is 2.02. The summed E-state index contributed by atoms with van der Waals surface area (Å²) in [5, 5.41) is 8.30. The fourth-order valence-corrected chi connectivity index (χ4v) is 0.387. The predicted molar refractivity (Wildman–Crippen MR) is 39.1 cm³/mol. The normalized spacial score (nSPS) is 14.7. The highest BCUT2D eigenvalue weighted by Crippen LogP contribution is 1.99. The van der Waals surface area contributed by atoms with Gasteiger partial charge in [-0.1, -0.05) is 6.92 Å². The zero-order chi connectivity index (χ0) is 8.85. The van der Waals surface area contributed by atoms with E-state index in [1.807, 2.05) is 0 Å². The zero-order valence-corrected chi connectivity index (χ0v) is 6.70. The highest BCUT2D eigenvalue weighted by atomic mass is 16.6. The number of hydrogen-bond acceptors (Lipinski definition) is 4. The van der Waals surface area contributed by atoms with Crippen molar-refractivity contribution in [3.05, 3.63) is 0 Å². The molecule has 0 aliphatic heterocycles. The van der Waals surface area contributed by atoms with Crippen molar-refractivity contribution in [2.75, 3.05) is 0 Å². The number of nitrogens with two attached hydrogens (primary N) is 1. The summed E-state index contributed by atoms with van der Waals surface area (Å²) in [6.45, 7) is 3.28. The Labute approximate surface area is 65.9 Å². The molecule has 4 nitrogen and oxygen atoms in total. The molecule has 0 bridgehead atoms. The summed E-state index contributed by atoms with van der Waals surface area (Å²) in [6.07, 6.45) is -0.0255. The first kappa shape index (κ1) is 9.92. The number of carbonyl (C=O) groups excluding carboxylic acids is 1. The first-order chi connectivity index (χ1) is 5.11. The smallest absolute Gasteiger partial charge is 0.324 e. The van der Waals surface area contributed by atoms with Crippen molar-refractivity contribution < 1.29 is 9.53 Å². The molecule has 0 aromatic carbocycles. The molecular formula is C7H12N2O2. The van der Waals surface area contributed by atoms with Gasteiger partial charge in [-0.2, -0.15) is 5.26 Å². The lowest BCUT2D eigenvalue weighted by atomic mass is 10.2. The topological polar surface area (TPSA) is 76.1 Å². The lowest BCUT2D eigenvalue weighted by Crippen LogP contribution is -2.28. The fourth-order valence-electron chi connectivity index (χ4n) is 0.387. The molecule has 62 valence electrons. The van der Waals surface area contributed by atoms with Crippen LogP contribution in [-0.4, -0.2) is 12.2 Å². The van der Waals surface area contributed by atoms with E-state index < -0.39 is 18.1 Å². The van der Waals surface area contributed by atoms with Gasteiger partial charge < -0.3 is 4.74 Å². The predicted octanol–water partition coefficient (Wildman–Crippen LogP) is 0.384. The minimum absolute atomic E-state index is 0.554. The molecule has 4 heteroatoms. The maximum absolute atomic E-state index is 10.8. The Morgan fingerprint density at radius 2 is 2.36 bits per heavy atom. The first-order valence-electron chi connectivity index (χ1n) is 3.47. The molecule has 0 rings (SSSR count). The maximum Gasteiger partial charge on any atom is 0.324 e. The standard InChI is InChI=1S/C7H12N2O2/c1-3-6(9)11-7(10)5(2)4-8/h5-6H,3,9H2,1-2H3. The molecule has 0 aliphatic rings. The van der Waals surface area contributed by atoms with E-state index in [0.29, 0.717) is 6.42 Å². The first-order valence-corrected chi connectivity index (χ1v) is 3.47. The number of esters is 1. The molecule has 0 aromatic heterocycles. The van der Waals surface area contributed by atoms with E-state index in [9.17, 15) is 4.79 Å². The third-order valence-corrected chi connectivity index (χ3v) is 1.22. The van der Waals surface area contributed by atoms with E-state index in [2.05, 4.69) is 4.74 Å². The summed E-state index contributed by atoms with van der Waals surface area (Å²) in [7, 11) is 0. The van der Waals surface area contributed by atoms with Crippen molar-refractivity contribution in [1.82, 2.24) is 0 Å². The molecule has 0 radical (unpaired) electrons. The summed E-state index contributed by atoms with van der Waals surface area (Å²) in [4.78, 5) is 10.8. The van der Waals surface area contributed by atoms with Crippen LogP contribution in [-0.2, 0) is 9.53 Å². The van der Waals surface area contributed by atoms with Crippen molar-refractivity contribution in [3.8, 4) is 6.07 Å². The molecule has 0 fully saturated rings. The number of rotatable bonds is 3. The highest BCUT2D eigenvalue weighted by molar-refractivity contribution is 5.74. The Hall–Kier alpha value is -1.08. The van der Waals surface area contributed by atoms with E-state index in [4.69, 9.17) is 11.0 Å². The number of carbonyl (C=O) groups is 1. The van der Waals surface area contributed by atoms with Crippen LogP contribution in [0.15, 0.2) is 0 Å². The van der Waals surface area contributed by atoms with Gasteiger partial charge in [-0.15, -0.1) is 0 Å². The second kappa shape index (κ2) is 4.69. The van der Waals surface area contributed by atoms with Gasteiger partial charge in [0.05, 0.1) is 6.07 Å². The van der Waals surface area contributed by atoms with Crippen LogP contribution in [0.2, 0.25) is 0 Å². The van der Waals surface area contributed by atoms with Gasteiger partial charge in [0.1, 0.15) is 5.92 Å². The van der Waals surface area contributed by atoms with E-state index in [1.165, 1.54) is 6.92 Å². The Morgan fingerprint density at radius 3 is 2.73 bits per heavy atom. The Kier molecular flexibility index (Phi) is 4.23. The Balaban J connectivity index is 3.80. The number of nitriles is 1. The SMILES string of the molecule is CCC(N)OC(=O)C(C)C#N. The molecule has 0 saturated carbocycles. The Bertz CT molecular complexity index is 174. The molecule has 0 aromatic rings. The monoisotopic (exact) mass is 156 g/mol. The van der Waals surface area contributed by atoms with E-state index >= 15 is 0 Å².